The van der Waals surface area contributed by atoms with Crippen LogP contribution in [0.4, 0.5) is 0 Å². The molecule has 0 spiro atoms. The van der Waals surface area contributed by atoms with Crippen molar-refractivity contribution in [2.45, 2.75) is 31.4 Å². The molecule has 1 aliphatic carbocycles. The third-order valence-electron chi connectivity index (χ3n) is 2.60. The van der Waals surface area contributed by atoms with Gasteiger partial charge in [0.15, 0.2) is 0 Å². The molecule has 0 bridgehead atoms. The Hall–Kier alpha value is -1.02. The summed E-state index contributed by atoms with van der Waals surface area (Å²) in [6.45, 7) is 0.899. The molecule has 0 radical (unpaired) electrons. The highest BCUT2D eigenvalue weighted by Crippen LogP contribution is 2.10. The van der Waals surface area contributed by atoms with Crippen molar-refractivity contribution in [1.29, 1.82) is 0 Å². The summed E-state index contributed by atoms with van der Waals surface area (Å²) < 4.78 is 5.42. The van der Waals surface area contributed by atoms with Crippen LogP contribution in [0.5, 0.6) is 0 Å². The average molecular weight is 191 g/mol. The van der Waals surface area contributed by atoms with E-state index in [2.05, 4.69) is 23.5 Å². The lowest BCUT2D eigenvalue weighted by Crippen LogP contribution is -2.35. The Morgan fingerprint density at radius 3 is 3.00 bits per heavy atom. The maximum atomic E-state index is 5.42. The van der Waals surface area contributed by atoms with Gasteiger partial charge >= 0.3 is 0 Å². The van der Waals surface area contributed by atoms with E-state index in [0.717, 1.165) is 6.54 Å². The molecule has 2 atom stereocenters. The summed E-state index contributed by atoms with van der Waals surface area (Å²) in [5.74, 6) is 0. The second kappa shape index (κ2) is 5.01. The predicted molar refractivity (Wildman–Crippen MR) is 57.9 cm³/mol. The quantitative estimate of drug-likeness (QED) is 0.690. The van der Waals surface area contributed by atoms with E-state index in [1.807, 2.05) is 12.2 Å². The van der Waals surface area contributed by atoms with Gasteiger partial charge in [-0.1, -0.05) is 18.2 Å². The van der Waals surface area contributed by atoms with E-state index in [4.69, 9.17) is 4.74 Å². The molecule has 0 aromatic heterocycles. The van der Waals surface area contributed by atoms with E-state index < -0.39 is 0 Å². The largest absolute Gasteiger partial charge is 0.493 e. The van der Waals surface area contributed by atoms with Gasteiger partial charge in [0.2, 0.25) is 0 Å². The normalized spacial score (nSPS) is 30.3. The van der Waals surface area contributed by atoms with E-state index in [1.54, 1.807) is 6.26 Å². The highest BCUT2D eigenvalue weighted by molar-refractivity contribution is 5.08. The van der Waals surface area contributed by atoms with Crippen LogP contribution in [0, 0.1) is 0 Å². The summed E-state index contributed by atoms with van der Waals surface area (Å²) in [6, 6.07) is 0.548. The zero-order valence-corrected chi connectivity index (χ0v) is 8.36. The number of hydrogen-bond acceptors (Lipinski definition) is 2. The number of nitrogens with one attached hydrogen (secondary N) is 1. The van der Waals surface area contributed by atoms with Crippen LogP contribution in [-0.2, 0) is 4.74 Å². The summed E-state index contributed by atoms with van der Waals surface area (Å²) in [4.78, 5) is 0. The summed E-state index contributed by atoms with van der Waals surface area (Å²) in [7, 11) is 0. The van der Waals surface area contributed by atoms with Gasteiger partial charge in [0, 0.05) is 12.6 Å². The van der Waals surface area contributed by atoms with E-state index >= 15 is 0 Å². The van der Waals surface area contributed by atoms with Gasteiger partial charge in [-0.3, -0.25) is 0 Å². The first-order chi connectivity index (χ1) is 6.95. The molecular formula is C12H17NO. The molecule has 0 fully saturated rings. The Morgan fingerprint density at radius 1 is 1.29 bits per heavy atom. The molecule has 0 amide bonds. The summed E-state index contributed by atoms with van der Waals surface area (Å²) in [6.07, 6.45) is 16.3. The number of hydrogen-bond donors (Lipinski definition) is 1. The van der Waals surface area contributed by atoms with Crippen LogP contribution < -0.4 is 5.32 Å². The predicted octanol–water partition coefficient (Wildman–Crippen LogP) is 2.15. The highest BCUT2D eigenvalue weighted by Gasteiger charge is 2.11. The fourth-order valence-electron chi connectivity index (χ4n) is 1.79. The molecule has 2 unspecified atom stereocenters. The van der Waals surface area contributed by atoms with Crippen LogP contribution in [0.1, 0.15) is 19.3 Å². The van der Waals surface area contributed by atoms with Crippen LogP contribution in [0.3, 0.4) is 0 Å². The SMILES string of the molecule is C1=COC(CNC2C=CCCC2)C=C1. The second-order valence-corrected chi connectivity index (χ2v) is 3.76. The molecule has 2 nitrogen and oxygen atoms in total. The van der Waals surface area contributed by atoms with Crippen LogP contribution in [0.15, 0.2) is 36.6 Å². The summed E-state index contributed by atoms with van der Waals surface area (Å²) in [5, 5.41) is 3.49. The lowest BCUT2D eigenvalue weighted by atomic mass is 10.0. The summed E-state index contributed by atoms with van der Waals surface area (Å²) >= 11 is 0. The smallest absolute Gasteiger partial charge is 0.129 e. The Kier molecular flexibility index (Phi) is 3.41. The van der Waals surface area contributed by atoms with Crippen LogP contribution >= 0.6 is 0 Å². The number of allylic oxidation sites excluding steroid dienone is 3. The molecule has 2 rings (SSSR count). The maximum Gasteiger partial charge on any atom is 0.129 e. The first kappa shape index (κ1) is 9.53. The zero-order chi connectivity index (χ0) is 9.64. The first-order valence-corrected chi connectivity index (χ1v) is 5.34. The molecule has 14 heavy (non-hydrogen) atoms. The van der Waals surface area contributed by atoms with Gasteiger partial charge in [-0.05, 0) is 31.4 Å². The van der Waals surface area contributed by atoms with Gasteiger partial charge < -0.3 is 10.1 Å². The molecule has 1 N–H and O–H groups in total. The molecule has 0 saturated carbocycles. The molecule has 1 heterocycles. The van der Waals surface area contributed by atoms with Gasteiger partial charge in [-0.15, -0.1) is 0 Å². The second-order valence-electron chi connectivity index (χ2n) is 3.76. The minimum atomic E-state index is 0.204. The van der Waals surface area contributed by atoms with Gasteiger partial charge in [0.05, 0.1) is 6.26 Å². The van der Waals surface area contributed by atoms with Gasteiger partial charge in [-0.25, -0.2) is 0 Å². The van der Waals surface area contributed by atoms with Crippen molar-refractivity contribution in [2.24, 2.45) is 0 Å². The topological polar surface area (TPSA) is 21.3 Å². The fraction of sp³-hybridized carbons (Fsp3) is 0.500. The van der Waals surface area contributed by atoms with Crippen molar-refractivity contribution >= 4 is 0 Å². The van der Waals surface area contributed by atoms with Crippen molar-refractivity contribution in [2.75, 3.05) is 6.54 Å². The third-order valence-corrected chi connectivity index (χ3v) is 2.60. The molecule has 2 aliphatic rings. The Bertz CT molecular complexity index is 253. The fourth-order valence-corrected chi connectivity index (χ4v) is 1.79. The van der Waals surface area contributed by atoms with Crippen molar-refractivity contribution in [3.05, 3.63) is 36.6 Å². The minimum Gasteiger partial charge on any atom is -0.493 e. The van der Waals surface area contributed by atoms with Gasteiger partial charge in [-0.2, -0.15) is 0 Å². The molecule has 0 aromatic carbocycles. The molecule has 0 aromatic rings. The third kappa shape index (κ3) is 2.74. The van der Waals surface area contributed by atoms with Crippen LogP contribution in [0.25, 0.3) is 0 Å². The van der Waals surface area contributed by atoms with Gasteiger partial charge in [0.1, 0.15) is 6.10 Å². The van der Waals surface area contributed by atoms with E-state index in [1.165, 1.54) is 19.3 Å². The number of ether oxygens (including phenoxy) is 1. The molecule has 1 aliphatic heterocycles. The molecular weight excluding hydrogens is 174 g/mol. The number of rotatable bonds is 3. The van der Waals surface area contributed by atoms with E-state index in [-0.39, 0.29) is 6.10 Å². The van der Waals surface area contributed by atoms with Crippen molar-refractivity contribution in [1.82, 2.24) is 5.32 Å². The molecule has 76 valence electrons. The van der Waals surface area contributed by atoms with Crippen molar-refractivity contribution < 1.29 is 4.74 Å². The van der Waals surface area contributed by atoms with Gasteiger partial charge in [0.25, 0.3) is 0 Å². The standard InChI is InChI=1S/C12H17NO/c1-2-6-11(7-3-1)13-10-12-8-4-5-9-14-12/h2,4-6,8-9,11-13H,1,3,7,10H2. The Balaban J connectivity index is 1.71. The minimum absolute atomic E-state index is 0.204. The van der Waals surface area contributed by atoms with Crippen LogP contribution in [-0.4, -0.2) is 18.7 Å². The first-order valence-electron chi connectivity index (χ1n) is 5.34. The van der Waals surface area contributed by atoms with Crippen molar-refractivity contribution in [3.8, 4) is 0 Å². The maximum absolute atomic E-state index is 5.42. The molecule has 2 heteroatoms. The zero-order valence-electron chi connectivity index (χ0n) is 8.36. The van der Waals surface area contributed by atoms with Crippen LogP contribution in [0.2, 0.25) is 0 Å². The summed E-state index contributed by atoms with van der Waals surface area (Å²) in [5.41, 5.74) is 0. The van der Waals surface area contributed by atoms with E-state index in [0.29, 0.717) is 6.04 Å². The molecule has 0 saturated heterocycles. The lowest BCUT2D eigenvalue weighted by Gasteiger charge is -2.21. The average Bonchev–Trinajstić information content (AvgIpc) is 2.29. The monoisotopic (exact) mass is 191 g/mol. The van der Waals surface area contributed by atoms with E-state index in [9.17, 15) is 0 Å². The highest BCUT2D eigenvalue weighted by atomic mass is 16.5. The Labute approximate surface area is 85.3 Å². The lowest BCUT2D eigenvalue weighted by molar-refractivity contribution is 0.177. The van der Waals surface area contributed by atoms with Crippen molar-refractivity contribution in [3.63, 3.8) is 0 Å². The Morgan fingerprint density at radius 2 is 2.29 bits per heavy atom.